The molecule has 12 nitrogen and oxygen atoms in total. The van der Waals surface area contributed by atoms with Crippen molar-refractivity contribution in [2.75, 3.05) is 12.4 Å². The number of nitrogens with one attached hydrogen (secondary N) is 2. The molecule has 0 saturated heterocycles. The van der Waals surface area contributed by atoms with Crippen LogP contribution in [0.4, 0.5) is 5.69 Å². The predicted molar refractivity (Wildman–Crippen MR) is 236 cm³/mol. The van der Waals surface area contributed by atoms with E-state index in [0.29, 0.717) is 66.4 Å². The zero-order valence-electron chi connectivity index (χ0n) is 33.6. The molecule has 2 heterocycles. The van der Waals surface area contributed by atoms with Crippen molar-refractivity contribution in [3.8, 4) is 34.4 Å². The molecule has 0 aromatic heterocycles. The van der Waals surface area contributed by atoms with Crippen LogP contribution in [0.15, 0.2) is 127 Å². The molecule has 8 rings (SSSR count). The minimum absolute atomic E-state index is 0.00699. The highest BCUT2D eigenvalue weighted by molar-refractivity contribution is 6.42. The molecule has 14 heteroatoms. The SMILES string of the molecule is COc1ccc(C(=O)N2Cc3cc4c(cc3C[C@H]2C(=O)N[C@@H](Cc2ccc(-c3ccc(C#N)cc3)cc2)C(=O)O)NC(=O)C(c2ccc(OCc3ccc(Cl)c(Cl)c3)cc2)O4)cc1. The van der Waals surface area contributed by atoms with Gasteiger partial charge in [0, 0.05) is 30.5 Å². The number of aliphatic carboxylic acids is 1. The summed E-state index contributed by atoms with van der Waals surface area (Å²) in [5, 5.41) is 25.9. The van der Waals surface area contributed by atoms with Crippen LogP contribution < -0.4 is 24.8 Å². The van der Waals surface area contributed by atoms with Gasteiger partial charge in [-0.1, -0.05) is 77.8 Å². The third kappa shape index (κ3) is 9.45. The molecule has 3 amide bonds. The average Bonchev–Trinajstić information content (AvgIpc) is 3.30. The molecule has 0 bridgehead atoms. The Hall–Kier alpha value is -7.33. The van der Waals surface area contributed by atoms with E-state index in [1.807, 2.05) is 30.3 Å². The van der Waals surface area contributed by atoms with Gasteiger partial charge >= 0.3 is 5.97 Å². The van der Waals surface area contributed by atoms with Gasteiger partial charge in [0.25, 0.3) is 11.8 Å². The fourth-order valence-corrected chi connectivity index (χ4v) is 7.89. The van der Waals surface area contributed by atoms with Crippen LogP contribution in [0.25, 0.3) is 11.1 Å². The molecule has 0 saturated carbocycles. The maximum absolute atomic E-state index is 14.2. The van der Waals surface area contributed by atoms with Gasteiger partial charge in [-0.3, -0.25) is 14.4 Å². The van der Waals surface area contributed by atoms with Gasteiger partial charge in [-0.15, -0.1) is 0 Å². The number of nitriles is 1. The van der Waals surface area contributed by atoms with Gasteiger partial charge in [0.1, 0.15) is 35.9 Å². The van der Waals surface area contributed by atoms with Crippen molar-refractivity contribution in [2.45, 2.75) is 44.2 Å². The van der Waals surface area contributed by atoms with Crippen molar-refractivity contribution in [3.63, 3.8) is 0 Å². The molecule has 0 spiro atoms. The number of ether oxygens (including phenoxy) is 3. The molecule has 3 N–H and O–H groups in total. The van der Waals surface area contributed by atoms with E-state index in [9.17, 15) is 24.3 Å². The zero-order valence-corrected chi connectivity index (χ0v) is 35.2. The molecule has 316 valence electrons. The highest BCUT2D eigenvalue weighted by atomic mass is 35.5. The lowest BCUT2D eigenvalue weighted by molar-refractivity contribution is -0.142. The van der Waals surface area contributed by atoms with Gasteiger partial charge in [0.05, 0.1) is 34.5 Å². The molecule has 3 atom stereocenters. The van der Waals surface area contributed by atoms with E-state index < -0.39 is 41.9 Å². The maximum atomic E-state index is 14.2. The van der Waals surface area contributed by atoms with Gasteiger partial charge in [0.2, 0.25) is 12.0 Å². The fraction of sp³-hybridized carbons (Fsp3) is 0.163. The lowest BCUT2D eigenvalue weighted by atomic mass is 9.91. The molecule has 2 aliphatic heterocycles. The second kappa shape index (κ2) is 18.3. The number of benzene rings is 6. The van der Waals surface area contributed by atoms with E-state index in [2.05, 4.69) is 16.7 Å². The molecule has 6 aromatic rings. The number of amides is 3. The average molecular weight is 882 g/mol. The Labute approximate surface area is 372 Å². The summed E-state index contributed by atoms with van der Waals surface area (Å²) in [7, 11) is 1.52. The zero-order chi connectivity index (χ0) is 44.2. The van der Waals surface area contributed by atoms with Gasteiger partial charge in [-0.25, -0.2) is 4.79 Å². The van der Waals surface area contributed by atoms with Gasteiger partial charge in [0.15, 0.2) is 0 Å². The van der Waals surface area contributed by atoms with Crippen LogP contribution in [0, 0.1) is 11.3 Å². The lowest BCUT2D eigenvalue weighted by Gasteiger charge is -2.37. The van der Waals surface area contributed by atoms with Crippen LogP contribution in [0.3, 0.4) is 0 Å². The van der Waals surface area contributed by atoms with E-state index in [1.54, 1.807) is 97.1 Å². The third-order valence-corrected chi connectivity index (χ3v) is 11.7. The van der Waals surface area contributed by atoms with E-state index in [1.165, 1.54) is 12.0 Å². The quantitative estimate of drug-likeness (QED) is 0.109. The highest BCUT2D eigenvalue weighted by Gasteiger charge is 2.39. The monoisotopic (exact) mass is 880 g/mol. The number of rotatable bonds is 12. The molecular weight excluding hydrogens is 843 g/mol. The van der Waals surface area contributed by atoms with Crippen LogP contribution in [0.2, 0.25) is 10.0 Å². The number of carbonyl (C=O) groups is 4. The number of carboxylic acids is 1. The third-order valence-electron chi connectivity index (χ3n) is 11.0. The number of fused-ring (bicyclic) bond motifs is 2. The molecule has 1 unspecified atom stereocenters. The van der Waals surface area contributed by atoms with Crippen LogP contribution in [-0.2, 0) is 40.4 Å². The second-order valence-electron chi connectivity index (χ2n) is 15.1. The van der Waals surface area contributed by atoms with Crippen LogP contribution >= 0.6 is 23.2 Å². The van der Waals surface area contributed by atoms with Crippen LogP contribution in [0.5, 0.6) is 17.2 Å². The van der Waals surface area contributed by atoms with Crippen LogP contribution in [0.1, 0.15) is 49.8 Å². The van der Waals surface area contributed by atoms with Crippen molar-refractivity contribution in [2.24, 2.45) is 0 Å². The molecule has 2 aliphatic rings. The van der Waals surface area contributed by atoms with E-state index in [4.69, 9.17) is 42.7 Å². The Morgan fingerprint density at radius 1 is 0.857 bits per heavy atom. The number of carboxylic acid groups (broad SMARTS) is 1. The standard InChI is InChI=1S/C49H38Cl2N4O8/c1-61-37-15-13-34(14-16-37)48(58)55-26-36-24-44-41(53-47(57)45(63-44)33-11-17-38(18-12-33)62-27-30-6-19-39(50)40(51)20-30)22-35(36)23-43(55)46(56)54-42(49(59)60)21-28-2-7-31(8-3-28)32-9-4-29(25-52)5-10-32/h2-20,22,24,42-43,45H,21,23,26-27H2,1H3,(H,53,57)(H,54,56)(H,59,60)/t42-,43-,45?/m0/s1. The van der Waals surface area contributed by atoms with Crippen molar-refractivity contribution in [1.82, 2.24) is 10.2 Å². The van der Waals surface area contributed by atoms with Gasteiger partial charge in [-0.2, -0.15) is 5.26 Å². The van der Waals surface area contributed by atoms with E-state index in [0.717, 1.165) is 16.7 Å². The summed E-state index contributed by atoms with van der Waals surface area (Å²) in [6, 6.07) is 36.3. The first-order valence-electron chi connectivity index (χ1n) is 19.8. The molecule has 0 radical (unpaired) electrons. The van der Waals surface area contributed by atoms with Crippen molar-refractivity contribution in [3.05, 3.63) is 176 Å². The topological polar surface area (TPSA) is 167 Å². The minimum Gasteiger partial charge on any atom is -0.497 e. The molecule has 6 aromatic carbocycles. The Morgan fingerprint density at radius 2 is 1.52 bits per heavy atom. The molecule has 0 aliphatic carbocycles. The van der Waals surface area contributed by atoms with Gasteiger partial charge < -0.3 is 34.9 Å². The first-order valence-corrected chi connectivity index (χ1v) is 20.6. The summed E-state index contributed by atoms with van der Waals surface area (Å²) >= 11 is 12.2. The smallest absolute Gasteiger partial charge is 0.326 e. The maximum Gasteiger partial charge on any atom is 0.326 e. The Morgan fingerprint density at radius 3 is 2.17 bits per heavy atom. The predicted octanol–water partition coefficient (Wildman–Crippen LogP) is 8.57. The normalized spacial score (nSPS) is 15.7. The summed E-state index contributed by atoms with van der Waals surface area (Å²) in [5.41, 5.74) is 6.49. The number of carbonyl (C=O) groups excluding carboxylic acids is 3. The lowest BCUT2D eigenvalue weighted by Crippen LogP contribution is -2.56. The Balaban J connectivity index is 1.00. The summed E-state index contributed by atoms with van der Waals surface area (Å²) in [6.45, 7) is 0.250. The van der Waals surface area contributed by atoms with Gasteiger partial charge in [-0.05, 0) is 106 Å². The molecule has 0 fully saturated rings. The van der Waals surface area contributed by atoms with E-state index >= 15 is 0 Å². The number of halogens is 2. The van der Waals surface area contributed by atoms with Crippen LogP contribution in [-0.4, -0.2) is 52.9 Å². The second-order valence-corrected chi connectivity index (χ2v) is 15.9. The number of hydrogen-bond acceptors (Lipinski definition) is 8. The number of nitrogens with zero attached hydrogens (tertiary/aromatic N) is 2. The molecular formula is C49H38Cl2N4O8. The van der Waals surface area contributed by atoms with Crippen molar-refractivity contribution in [1.29, 1.82) is 5.26 Å². The number of anilines is 1. The molecule has 63 heavy (non-hydrogen) atoms. The Bertz CT molecular complexity index is 2760. The summed E-state index contributed by atoms with van der Waals surface area (Å²) in [6.07, 6.45) is -0.971. The summed E-state index contributed by atoms with van der Waals surface area (Å²) in [5.74, 6) is -1.23. The number of hydrogen-bond donors (Lipinski definition) is 3. The first-order chi connectivity index (χ1) is 30.5. The Kier molecular flexibility index (Phi) is 12.3. The van der Waals surface area contributed by atoms with Crippen molar-refractivity contribution >= 4 is 52.6 Å². The summed E-state index contributed by atoms with van der Waals surface area (Å²) in [4.78, 5) is 56.0. The fourth-order valence-electron chi connectivity index (χ4n) is 7.57. The van der Waals surface area contributed by atoms with Crippen molar-refractivity contribution < 1.29 is 38.5 Å². The van der Waals surface area contributed by atoms with E-state index in [-0.39, 0.29) is 26.0 Å². The number of methoxy groups -OCH3 is 1. The summed E-state index contributed by atoms with van der Waals surface area (Å²) < 4.78 is 17.5. The highest BCUT2D eigenvalue weighted by Crippen LogP contribution is 2.40. The first kappa shape index (κ1) is 42.4. The largest absolute Gasteiger partial charge is 0.497 e. The minimum atomic E-state index is -1.31.